The first-order valence-corrected chi connectivity index (χ1v) is 7.89. The summed E-state index contributed by atoms with van der Waals surface area (Å²) in [6.07, 6.45) is 0. The minimum atomic E-state index is -0.229. The van der Waals surface area contributed by atoms with Gasteiger partial charge in [0, 0.05) is 22.6 Å². The molecule has 2 aromatic rings. The summed E-state index contributed by atoms with van der Waals surface area (Å²) in [4.78, 5) is 17.2. The summed E-state index contributed by atoms with van der Waals surface area (Å²) >= 11 is 7.32. The lowest BCUT2D eigenvalue weighted by Crippen LogP contribution is -2.19. The molecule has 7 heteroatoms. The molecular formula is C15H17ClN2O3S. The number of rotatable bonds is 7. The number of carbonyl (C=O) groups is 1. The average Bonchev–Trinajstić information content (AvgIpc) is 2.85. The van der Waals surface area contributed by atoms with Gasteiger partial charge in [-0.25, -0.2) is 4.98 Å². The summed E-state index contributed by atoms with van der Waals surface area (Å²) in [6, 6.07) is 7.45. The number of ether oxygens (including phenoxy) is 2. The van der Waals surface area contributed by atoms with Gasteiger partial charge in [0.1, 0.15) is 6.61 Å². The SMILES string of the molecule is COCCOCC(=O)Nc1nc(-c2ccc(Cl)cc2)c(C)s1. The first-order chi connectivity index (χ1) is 10.6. The van der Waals surface area contributed by atoms with E-state index in [1.54, 1.807) is 7.11 Å². The highest BCUT2D eigenvalue weighted by molar-refractivity contribution is 7.16. The number of halogens is 1. The van der Waals surface area contributed by atoms with E-state index in [-0.39, 0.29) is 12.5 Å². The summed E-state index contributed by atoms with van der Waals surface area (Å²) in [5.41, 5.74) is 1.81. The van der Waals surface area contributed by atoms with Gasteiger partial charge in [-0.3, -0.25) is 10.1 Å². The van der Waals surface area contributed by atoms with Gasteiger partial charge in [-0.2, -0.15) is 0 Å². The predicted octanol–water partition coefficient (Wildman–Crippen LogP) is 3.37. The Morgan fingerprint density at radius 1 is 1.32 bits per heavy atom. The summed E-state index contributed by atoms with van der Waals surface area (Å²) < 4.78 is 10.0. The molecule has 0 radical (unpaired) electrons. The van der Waals surface area contributed by atoms with E-state index in [2.05, 4.69) is 10.3 Å². The van der Waals surface area contributed by atoms with Crippen LogP contribution in [0.15, 0.2) is 24.3 Å². The van der Waals surface area contributed by atoms with E-state index in [9.17, 15) is 4.79 Å². The molecule has 0 saturated heterocycles. The normalized spacial score (nSPS) is 10.7. The van der Waals surface area contributed by atoms with Crippen LogP contribution in [0.4, 0.5) is 5.13 Å². The van der Waals surface area contributed by atoms with E-state index < -0.39 is 0 Å². The molecule has 1 amide bonds. The second-order valence-corrected chi connectivity index (χ2v) is 6.16. The number of thiazole rings is 1. The lowest BCUT2D eigenvalue weighted by molar-refractivity contribution is -0.121. The number of amides is 1. The van der Waals surface area contributed by atoms with Crippen molar-refractivity contribution in [1.82, 2.24) is 4.98 Å². The van der Waals surface area contributed by atoms with Crippen LogP contribution in [0.3, 0.4) is 0 Å². The third-order valence-corrected chi connectivity index (χ3v) is 3.96. The quantitative estimate of drug-likeness (QED) is 0.785. The van der Waals surface area contributed by atoms with Crippen molar-refractivity contribution in [3.63, 3.8) is 0 Å². The van der Waals surface area contributed by atoms with Crippen LogP contribution in [-0.4, -0.2) is 37.8 Å². The Bertz CT molecular complexity index is 628. The fourth-order valence-corrected chi connectivity index (χ4v) is 2.77. The number of hydrogen-bond acceptors (Lipinski definition) is 5. The molecule has 0 saturated carbocycles. The number of carbonyl (C=O) groups excluding carboxylic acids is 1. The second kappa shape index (κ2) is 8.24. The summed E-state index contributed by atoms with van der Waals surface area (Å²) in [5, 5.41) is 3.97. The third-order valence-electron chi connectivity index (χ3n) is 2.83. The number of benzene rings is 1. The zero-order chi connectivity index (χ0) is 15.9. The zero-order valence-electron chi connectivity index (χ0n) is 12.4. The van der Waals surface area contributed by atoms with Crippen molar-refractivity contribution in [1.29, 1.82) is 0 Å². The minimum absolute atomic E-state index is 0.0156. The zero-order valence-corrected chi connectivity index (χ0v) is 14.0. The first-order valence-electron chi connectivity index (χ1n) is 6.70. The van der Waals surface area contributed by atoms with Gasteiger partial charge in [-0.1, -0.05) is 23.7 Å². The molecule has 118 valence electrons. The van der Waals surface area contributed by atoms with Crippen molar-refractivity contribution in [2.45, 2.75) is 6.92 Å². The van der Waals surface area contributed by atoms with Crippen LogP contribution in [0.1, 0.15) is 4.88 Å². The molecule has 1 heterocycles. The highest BCUT2D eigenvalue weighted by atomic mass is 35.5. The largest absolute Gasteiger partial charge is 0.382 e. The molecule has 0 spiro atoms. The molecule has 5 nitrogen and oxygen atoms in total. The summed E-state index contributed by atoms with van der Waals surface area (Å²) in [7, 11) is 1.58. The maximum atomic E-state index is 11.7. The van der Waals surface area contributed by atoms with Gasteiger partial charge in [-0.15, -0.1) is 11.3 Å². The van der Waals surface area contributed by atoms with E-state index in [0.29, 0.717) is 23.4 Å². The van der Waals surface area contributed by atoms with Crippen LogP contribution in [0.25, 0.3) is 11.3 Å². The molecular weight excluding hydrogens is 324 g/mol. The van der Waals surface area contributed by atoms with Gasteiger partial charge in [0.2, 0.25) is 0 Å². The second-order valence-electron chi connectivity index (χ2n) is 4.52. The molecule has 0 aliphatic heterocycles. The van der Waals surface area contributed by atoms with Crippen molar-refractivity contribution in [3.8, 4) is 11.3 Å². The van der Waals surface area contributed by atoms with E-state index in [0.717, 1.165) is 16.1 Å². The van der Waals surface area contributed by atoms with Gasteiger partial charge < -0.3 is 9.47 Å². The lowest BCUT2D eigenvalue weighted by Gasteiger charge is -2.03. The number of nitrogens with one attached hydrogen (secondary N) is 1. The van der Waals surface area contributed by atoms with Gasteiger partial charge >= 0.3 is 0 Å². The van der Waals surface area contributed by atoms with Crippen molar-refractivity contribution in [2.75, 3.05) is 32.2 Å². The number of anilines is 1. The van der Waals surface area contributed by atoms with E-state index in [1.165, 1.54) is 11.3 Å². The lowest BCUT2D eigenvalue weighted by atomic mass is 10.1. The number of methoxy groups -OCH3 is 1. The third kappa shape index (κ3) is 4.78. The summed E-state index contributed by atoms with van der Waals surface area (Å²) in [6.45, 7) is 2.80. The monoisotopic (exact) mass is 340 g/mol. The Balaban J connectivity index is 1.97. The van der Waals surface area contributed by atoms with Crippen LogP contribution in [0.2, 0.25) is 5.02 Å². The fourth-order valence-electron chi connectivity index (χ4n) is 1.79. The Kier molecular flexibility index (Phi) is 6.33. The molecule has 0 aliphatic carbocycles. The van der Waals surface area contributed by atoms with Crippen molar-refractivity contribution >= 4 is 34.0 Å². The minimum Gasteiger partial charge on any atom is -0.382 e. The van der Waals surface area contributed by atoms with E-state index in [1.807, 2.05) is 31.2 Å². The Hall–Kier alpha value is -1.47. The van der Waals surface area contributed by atoms with Gasteiger partial charge in [0.15, 0.2) is 5.13 Å². The Morgan fingerprint density at radius 2 is 2.05 bits per heavy atom. The highest BCUT2D eigenvalue weighted by Crippen LogP contribution is 2.30. The smallest absolute Gasteiger partial charge is 0.252 e. The molecule has 1 aromatic carbocycles. The number of aromatic nitrogens is 1. The average molecular weight is 341 g/mol. The Morgan fingerprint density at radius 3 is 2.73 bits per heavy atom. The van der Waals surface area contributed by atoms with Crippen LogP contribution < -0.4 is 5.32 Å². The van der Waals surface area contributed by atoms with E-state index >= 15 is 0 Å². The van der Waals surface area contributed by atoms with Crippen molar-refractivity contribution in [2.24, 2.45) is 0 Å². The highest BCUT2D eigenvalue weighted by Gasteiger charge is 2.12. The topological polar surface area (TPSA) is 60.5 Å². The first kappa shape index (κ1) is 16.9. The number of nitrogens with zero attached hydrogens (tertiary/aromatic N) is 1. The van der Waals surface area contributed by atoms with Crippen LogP contribution in [-0.2, 0) is 14.3 Å². The van der Waals surface area contributed by atoms with E-state index in [4.69, 9.17) is 21.1 Å². The molecule has 1 N–H and O–H groups in total. The Labute approximate surface area is 138 Å². The molecule has 0 aliphatic rings. The van der Waals surface area contributed by atoms with Crippen molar-refractivity contribution < 1.29 is 14.3 Å². The molecule has 0 atom stereocenters. The number of aryl methyl sites for hydroxylation is 1. The molecule has 22 heavy (non-hydrogen) atoms. The molecule has 2 rings (SSSR count). The molecule has 0 bridgehead atoms. The standard InChI is InChI=1S/C15H17ClN2O3S/c1-10-14(11-3-5-12(16)6-4-11)18-15(22-10)17-13(19)9-21-8-7-20-2/h3-6H,7-9H2,1-2H3,(H,17,18,19). The van der Waals surface area contributed by atoms with Gasteiger partial charge in [0.25, 0.3) is 5.91 Å². The maximum absolute atomic E-state index is 11.7. The predicted molar refractivity (Wildman–Crippen MR) is 88.6 cm³/mol. The van der Waals surface area contributed by atoms with Crippen LogP contribution in [0.5, 0.6) is 0 Å². The molecule has 1 aromatic heterocycles. The van der Waals surface area contributed by atoms with Gasteiger partial charge in [0.05, 0.1) is 18.9 Å². The van der Waals surface area contributed by atoms with Crippen LogP contribution in [0, 0.1) is 6.92 Å². The van der Waals surface area contributed by atoms with Gasteiger partial charge in [-0.05, 0) is 19.1 Å². The fraction of sp³-hybridized carbons (Fsp3) is 0.333. The summed E-state index contributed by atoms with van der Waals surface area (Å²) in [5.74, 6) is -0.229. The van der Waals surface area contributed by atoms with Crippen LogP contribution >= 0.6 is 22.9 Å². The number of hydrogen-bond donors (Lipinski definition) is 1. The molecule has 0 fully saturated rings. The maximum Gasteiger partial charge on any atom is 0.252 e. The molecule has 0 unspecified atom stereocenters. The van der Waals surface area contributed by atoms with Crippen molar-refractivity contribution in [3.05, 3.63) is 34.2 Å².